The van der Waals surface area contributed by atoms with Gasteiger partial charge in [-0.05, 0) is 85.3 Å². The summed E-state index contributed by atoms with van der Waals surface area (Å²) < 4.78 is 28.3. The smallest absolute Gasteiger partial charge is 0.129 e. The largest absolute Gasteiger partial charge is 0.207 e. The zero-order chi connectivity index (χ0) is 17.1. The Hall–Kier alpha value is -1.70. The van der Waals surface area contributed by atoms with Crippen LogP contribution in [0.15, 0.2) is 30.3 Å². The average Bonchev–Trinajstić information content (AvgIpc) is 2.60. The van der Waals surface area contributed by atoms with Crippen LogP contribution < -0.4 is 0 Å². The van der Waals surface area contributed by atoms with Gasteiger partial charge in [0.2, 0.25) is 0 Å². The molecule has 2 heteroatoms. The predicted octanol–water partition coefficient (Wildman–Crippen LogP) is 5.83. The molecule has 0 fully saturated rings. The van der Waals surface area contributed by atoms with Gasteiger partial charge in [-0.25, -0.2) is 8.78 Å². The van der Waals surface area contributed by atoms with Crippen LogP contribution in [0.25, 0.3) is 0 Å². The molecule has 0 nitrogen and oxygen atoms in total. The van der Waals surface area contributed by atoms with Crippen LogP contribution in [0, 0.1) is 17.6 Å². The van der Waals surface area contributed by atoms with E-state index in [0.717, 1.165) is 37.7 Å². The van der Waals surface area contributed by atoms with E-state index in [1.807, 2.05) is 6.92 Å². The quantitative estimate of drug-likeness (QED) is 0.648. The molecule has 0 radical (unpaired) electrons. The molecule has 24 heavy (non-hydrogen) atoms. The third kappa shape index (κ3) is 3.68. The number of hydrogen-bond acceptors (Lipinski definition) is 0. The monoisotopic (exact) mass is 328 g/mol. The first-order chi connectivity index (χ1) is 11.6. The van der Waals surface area contributed by atoms with Crippen LogP contribution in [-0.2, 0) is 32.1 Å². The van der Waals surface area contributed by atoms with E-state index in [-0.39, 0.29) is 17.2 Å². The molecule has 2 aromatic carbocycles. The van der Waals surface area contributed by atoms with Crippen molar-refractivity contribution < 1.29 is 8.78 Å². The molecule has 0 bridgehead atoms. The highest BCUT2D eigenvalue weighted by Crippen LogP contribution is 2.30. The fraction of sp³-hybridized carbons (Fsp3) is 0.455. The van der Waals surface area contributed by atoms with E-state index in [0.29, 0.717) is 18.8 Å². The zero-order valence-corrected chi connectivity index (χ0v) is 14.7. The molecule has 0 heterocycles. The van der Waals surface area contributed by atoms with Crippen molar-refractivity contribution in [1.29, 1.82) is 0 Å². The summed E-state index contributed by atoms with van der Waals surface area (Å²) in [5.74, 6) is -0.235. The van der Waals surface area contributed by atoms with Crippen molar-refractivity contribution in [2.75, 3.05) is 0 Å². The van der Waals surface area contributed by atoms with Gasteiger partial charge < -0.3 is 0 Å². The molecule has 0 saturated heterocycles. The van der Waals surface area contributed by atoms with E-state index in [2.05, 4.69) is 25.1 Å². The van der Waals surface area contributed by atoms with Crippen molar-refractivity contribution in [1.82, 2.24) is 0 Å². The predicted molar refractivity (Wildman–Crippen MR) is 95.4 cm³/mol. The highest BCUT2D eigenvalue weighted by molar-refractivity contribution is 5.34. The number of halogens is 2. The molecule has 3 rings (SSSR count). The molecule has 0 saturated carbocycles. The lowest BCUT2D eigenvalue weighted by Gasteiger charge is -2.25. The van der Waals surface area contributed by atoms with Gasteiger partial charge in [-0.2, -0.15) is 0 Å². The van der Waals surface area contributed by atoms with E-state index in [4.69, 9.17) is 0 Å². The summed E-state index contributed by atoms with van der Waals surface area (Å²) in [6.45, 7) is 4.09. The van der Waals surface area contributed by atoms with Crippen LogP contribution in [0.4, 0.5) is 8.78 Å². The summed E-state index contributed by atoms with van der Waals surface area (Å²) in [7, 11) is 0. The molecule has 1 aliphatic carbocycles. The minimum absolute atomic E-state index is 0.263. The van der Waals surface area contributed by atoms with Crippen molar-refractivity contribution in [2.24, 2.45) is 5.92 Å². The second-order valence-corrected chi connectivity index (χ2v) is 7.00. The van der Waals surface area contributed by atoms with Crippen LogP contribution in [0.3, 0.4) is 0 Å². The van der Waals surface area contributed by atoms with Gasteiger partial charge in [-0.15, -0.1) is 0 Å². The molecule has 0 aromatic heterocycles. The minimum atomic E-state index is -0.379. The normalized spacial score (nSPS) is 16.9. The summed E-state index contributed by atoms with van der Waals surface area (Å²) in [6, 6.07) is 9.76. The second kappa shape index (κ2) is 7.46. The summed E-state index contributed by atoms with van der Waals surface area (Å²) in [5, 5.41) is 0. The lowest BCUT2D eigenvalue weighted by atomic mass is 9.80. The Morgan fingerprint density at radius 1 is 0.917 bits per heavy atom. The first-order valence-electron chi connectivity index (χ1n) is 9.18. The fourth-order valence-electron chi connectivity index (χ4n) is 3.80. The van der Waals surface area contributed by atoms with E-state index in [1.165, 1.54) is 28.8 Å². The van der Waals surface area contributed by atoms with Crippen LogP contribution in [0.1, 0.15) is 54.5 Å². The average molecular weight is 328 g/mol. The Balaban J connectivity index is 1.66. The SMILES string of the molecule is CCc1cc(F)c(CCC2CCc3cc(CC)ccc3C2)c(F)c1. The fourth-order valence-corrected chi connectivity index (χ4v) is 3.80. The van der Waals surface area contributed by atoms with Gasteiger partial charge in [-0.3, -0.25) is 0 Å². The van der Waals surface area contributed by atoms with Crippen LogP contribution in [0.2, 0.25) is 0 Å². The molecule has 0 amide bonds. The Morgan fingerprint density at radius 3 is 2.29 bits per heavy atom. The highest BCUT2D eigenvalue weighted by atomic mass is 19.1. The van der Waals surface area contributed by atoms with Crippen molar-refractivity contribution in [3.63, 3.8) is 0 Å². The van der Waals surface area contributed by atoms with Gasteiger partial charge in [0.25, 0.3) is 0 Å². The minimum Gasteiger partial charge on any atom is -0.207 e. The van der Waals surface area contributed by atoms with Gasteiger partial charge in [-0.1, -0.05) is 32.0 Å². The molecule has 0 aliphatic heterocycles. The summed E-state index contributed by atoms with van der Waals surface area (Å²) in [6.07, 6.45) is 6.33. The third-order valence-electron chi connectivity index (χ3n) is 5.42. The maximum Gasteiger partial charge on any atom is 0.129 e. The summed E-state index contributed by atoms with van der Waals surface area (Å²) in [4.78, 5) is 0. The number of aryl methyl sites for hydroxylation is 3. The van der Waals surface area contributed by atoms with E-state index >= 15 is 0 Å². The molecule has 2 aromatic rings. The Labute approximate surface area is 143 Å². The number of benzene rings is 2. The van der Waals surface area contributed by atoms with Gasteiger partial charge in [0.05, 0.1) is 0 Å². The van der Waals surface area contributed by atoms with Gasteiger partial charge in [0, 0.05) is 5.56 Å². The zero-order valence-electron chi connectivity index (χ0n) is 14.7. The lowest BCUT2D eigenvalue weighted by Crippen LogP contribution is -2.16. The first-order valence-corrected chi connectivity index (χ1v) is 9.18. The number of hydrogen-bond donors (Lipinski definition) is 0. The van der Waals surface area contributed by atoms with E-state index in [1.54, 1.807) is 0 Å². The molecule has 1 unspecified atom stereocenters. The van der Waals surface area contributed by atoms with Crippen LogP contribution in [0.5, 0.6) is 0 Å². The third-order valence-corrected chi connectivity index (χ3v) is 5.42. The lowest BCUT2D eigenvalue weighted by molar-refractivity contribution is 0.418. The molecule has 128 valence electrons. The summed E-state index contributed by atoms with van der Waals surface area (Å²) >= 11 is 0. The molecular formula is C22H26F2. The Kier molecular flexibility index (Phi) is 5.33. The van der Waals surface area contributed by atoms with Crippen LogP contribution >= 0.6 is 0 Å². The van der Waals surface area contributed by atoms with Crippen molar-refractivity contribution in [3.8, 4) is 0 Å². The van der Waals surface area contributed by atoms with Crippen molar-refractivity contribution >= 4 is 0 Å². The van der Waals surface area contributed by atoms with Crippen molar-refractivity contribution in [2.45, 2.75) is 58.8 Å². The number of fused-ring (bicyclic) bond motifs is 1. The Bertz CT molecular complexity index is 695. The Morgan fingerprint density at radius 2 is 1.62 bits per heavy atom. The molecule has 0 spiro atoms. The van der Waals surface area contributed by atoms with Gasteiger partial charge >= 0.3 is 0 Å². The first kappa shape index (κ1) is 17.1. The maximum atomic E-state index is 14.1. The van der Waals surface area contributed by atoms with Crippen molar-refractivity contribution in [3.05, 3.63) is 69.8 Å². The van der Waals surface area contributed by atoms with Gasteiger partial charge in [0.15, 0.2) is 0 Å². The van der Waals surface area contributed by atoms with Crippen LogP contribution in [-0.4, -0.2) is 0 Å². The highest BCUT2D eigenvalue weighted by Gasteiger charge is 2.20. The van der Waals surface area contributed by atoms with E-state index < -0.39 is 0 Å². The maximum absolute atomic E-state index is 14.1. The van der Waals surface area contributed by atoms with Gasteiger partial charge in [0.1, 0.15) is 11.6 Å². The molecule has 1 aliphatic rings. The molecule has 1 atom stereocenters. The molecule has 0 N–H and O–H groups in total. The molecular weight excluding hydrogens is 302 g/mol. The standard InChI is InChI=1S/C22H26F2/c1-3-15-5-8-19-12-17(6-9-18(19)11-15)7-10-20-21(23)13-16(4-2)14-22(20)24/h5,8,11,13-14,17H,3-4,6-7,9-10,12H2,1-2H3. The van der Waals surface area contributed by atoms with E-state index in [9.17, 15) is 8.78 Å². The topological polar surface area (TPSA) is 0 Å². The second-order valence-electron chi connectivity index (χ2n) is 7.00. The number of rotatable bonds is 5. The summed E-state index contributed by atoms with van der Waals surface area (Å²) in [5.41, 5.74) is 5.28.